The first-order chi connectivity index (χ1) is 9.20. The van der Waals surface area contributed by atoms with Crippen molar-refractivity contribution in [1.29, 1.82) is 0 Å². The van der Waals surface area contributed by atoms with Crippen LogP contribution in [-0.4, -0.2) is 32.7 Å². The molecule has 0 amide bonds. The molecule has 2 heterocycles. The van der Waals surface area contributed by atoms with Gasteiger partial charge in [0.25, 0.3) is 0 Å². The topological polar surface area (TPSA) is 49.0 Å². The van der Waals surface area contributed by atoms with Crippen molar-refractivity contribution in [3.05, 3.63) is 17.7 Å². The minimum Gasteiger partial charge on any atom is -0.493 e. The Morgan fingerprint density at radius 1 is 1.37 bits per heavy atom. The van der Waals surface area contributed by atoms with Crippen LogP contribution in [0.3, 0.4) is 0 Å². The lowest BCUT2D eigenvalue weighted by atomic mass is 10.0. The van der Waals surface area contributed by atoms with Crippen LogP contribution in [0.5, 0.6) is 17.2 Å². The number of rotatable bonds is 4. The van der Waals surface area contributed by atoms with Crippen molar-refractivity contribution in [2.45, 2.75) is 25.4 Å². The van der Waals surface area contributed by atoms with Gasteiger partial charge in [-0.25, -0.2) is 0 Å². The van der Waals surface area contributed by atoms with Gasteiger partial charge >= 0.3 is 0 Å². The molecule has 0 saturated carbocycles. The maximum absolute atomic E-state index is 5.44. The predicted octanol–water partition coefficient (Wildman–Crippen LogP) is 1.69. The average Bonchev–Trinajstić information content (AvgIpc) is 3.04. The molecule has 5 nitrogen and oxygen atoms in total. The van der Waals surface area contributed by atoms with Crippen molar-refractivity contribution in [2.24, 2.45) is 0 Å². The van der Waals surface area contributed by atoms with Crippen LogP contribution in [0.15, 0.2) is 12.1 Å². The van der Waals surface area contributed by atoms with E-state index in [-0.39, 0.29) is 12.3 Å². The molecule has 0 bridgehead atoms. The second kappa shape index (κ2) is 4.90. The van der Waals surface area contributed by atoms with Gasteiger partial charge in [-0.1, -0.05) is 0 Å². The van der Waals surface area contributed by atoms with Gasteiger partial charge in [0.15, 0.2) is 11.5 Å². The van der Waals surface area contributed by atoms with E-state index < -0.39 is 0 Å². The van der Waals surface area contributed by atoms with Gasteiger partial charge < -0.3 is 24.3 Å². The Hall–Kier alpha value is -1.46. The molecule has 3 rings (SSSR count). The normalized spacial score (nSPS) is 24.7. The minimum absolute atomic E-state index is 0.0591. The summed E-state index contributed by atoms with van der Waals surface area (Å²) in [6.45, 7) is 4.79. The van der Waals surface area contributed by atoms with Gasteiger partial charge in [0.2, 0.25) is 12.5 Å². The van der Waals surface area contributed by atoms with E-state index >= 15 is 0 Å². The molecule has 1 unspecified atom stereocenters. The summed E-state index contributed by atoms with van der Waals surface area (Å²) < 4.78 is 21.6. The highest BCUT2D eigenvalue weighted by Crippen LogP contribution is 2.41. The Morgan fingerprint density at radius 2 is 2.26 bits per heavy atom. The molecule has 1 atom stereocenters. The lowest BCUT2D eigenvalue weighted by molar-refractivity contribution is 0.171. The Morgan fingerprint density at radius 3 is 3.00 bits per heavy atom. The van der Waals surface area contributed by atoms with Crippen LogP contribution in [-0.2, 0) is 11.3 Å². The summed E-state index contributed by atoms with van der Waals surface area (Å²) in [6, 6.07) is 3.98. The first kappa shape index (κ1) is 12.6. The van der Waals surface area contributed by atoms with Crippen LogP contribution in [0, 0.1) is 0 Å². The fraction of sp³-hybridized carbons (Fsp3) is 0.571. The molecule has 2 aliphatic heterocycles. The van der Waals surface area contributed by atoms with Crippen molar-refractivity contribution >= 4 is 0 Å². The Labute approximate surface area is 112 Å². The highest BCUT2D eigenvalue weighted by molar-refractivity contribution is 5.55. The molecule has 0 radical (unpaired) electrons. The monoisotopic (exact) mass is 265 g/mol. The fourth-order valence-electron chi connectivity index (χ4n) is 2.41. The number of hydrogen-bond acceptors (Lipinski definition) is 5. The molecule has 5 heteroatoms. The van der Waals surface area contributed by atoms with Crippen LogP contribution in [0.4, 0.5) is 0 Å². The van der Waals surface area contributed by atoms with Crippen LogP contribution in [0.2, 0.25) is 0 Å². The van der Waals surface area contributed by atoms with E-state index in [4.69, 9.17) is 18.9 Å². The predicted molar refractivity (Wildman–Crippen MR) is 69.8 cm³/mol. The highest BCUT2D eigenvalue weighted by atomic mass is 16.7. The van der Waals surface area contributed by atoms with E-state index in [1.165, 1.54) is 0 Å². The smallest absolute Gasteiger partial charge is 0.231 e. The largest absolute Gasteiger partial charge is 0.493 e. The maximum atomic E-state index is 5.44. The molecular weight excluding hydrogens is 246 g/mol. The first-order valence-electron chi connectivity index (χ1n) is 6.49. The molecule has 104 valence electrons. The molecule has 0 aliphatic carbocycles. The molecule has 1 aromatic rings. The summed E-state index contributed by atoms with van der Waals surface area (Å²) in [4.78, 5) is 0. The zero-order valence-electron chi connectivity index (χ0n) is 11.3. The number of fused-ring (bicyclic) bond motifs is 1. The van der Waals surface area contributed by atoms with E-state index in [0.717, 1.165) is 43.2 Å². The Balaban J connectivity index is 1.74. The number of nitrogens with one attached hydrogen (secondary N) is 1. The van der Waals surface area contributed by atoms with Crippen LogP contribution in [0.1, 0.15) is 18.9 Å². The molecule has 1 N–H and O–H groups in total. The third kappa shape index (κ3) is 2.48. The molecule has 0 spiro atoms. The van der Waals surface area contributed by atoms with Gasteiger partial charge in [0, 0.05) is 18.7 Å². The van der Waals surface area contributed by atoms with Crippen molar-refractivity contribution in [2.75, 3.05) is 27.1 Å². The molecule has 0 aromatic heterocycles. The van der Waals surface area contributed by atoms with Gasteiger partial charge in [-0.15, -0.1) is 0 Å². The summed E-state index contributed by atoms with van der Waals surface area (Å²) in [5.41, 5.74) is 1.18. The lowest BCUT2D eigenvalue weighted by Gasteiger charge is -2.23. The number of methoxy groups -OCH3 is 1. The van der Waals surface area contributed by atoms with Crippen molar-refractivity contribution in [3.8, 4) is 17.2 Å². The SMILES string of the molecule is COc1cc(CNC2(C)CCOC2)cc2c1OCO2. The molecule has 1 saturated heterocycles. The summed E-state index contributed by atoms with van der Waals surface area (Å²) in [7, 11) is 1.64. The van der Waals surface area contributed by atoms with E-state index in [1.807, 2.05) is 12.1 Å². The molecule has 1 fully saturated rings. The lowest BCUT2D eigenvalue weighted by Crippen LogP contribution is -2.42. The molecule has 1 aromatic carbocycles. The van der Waals surface area contributed by atoms with Crippen LogP contribution < -0.4 is 19.5 Å². The third-order valence-corrected chi connectivity index (χ3v) is 3.66. The van der Waals surface area contributed by atoms with E-state index in [9.17, 15) is 0 Å². The second-order valence-corrected chi connectivity index (χ2v) is 5.25. The van der Waals surface area contributed by atoms with Gasteiger partial charge in [0.1, 0.15) is 0 Å². The summed E-state index contributed by atoms with van der Waals surface area (Å²) in [6.07, 6.45) is 1.04. The van der Waals surface area contributed by atoms with Crippen molar-refractivity contribution in [3.63, 3.8) is 0 Å². The fourth-order valence-corrected chi connectivity index (χ4v) is 2.41. The highest BCUT2D eigenvalue weighted by Gasteiger charge is 2.29. The number of hydrogen-bond donors (Lipinski definition) is 1. The minimum atomic E-state index is 0.0591. The summed E-state index contributed by atoms with van der Waals surface area (Å²) in [5, 5.41) is 3.54. The Kier molecular flexibility index (Phi) is 3.24. The van der Waals surface area contributed by atoms with Gasteiger partial charge in [-0.05, 0) is 31.0 Å². The zero-order valence-corrected chi connectivity index (χ0v) is 11.3. The molecular formula is C14H19NO4. The van der Waals surface area contributed by atoms with Crippen molar-refractivity contribution < 1.29 is 18.9 Å². The number of benzene rings is 1. The van der Waals surface area contributed by atoms with Crippen molar-refractivity contribution in [1.82, 2.24) is 5.32 Å². The zero-order chi connectivity index (χ0) is 13.3. The maximum Gasteiger partial charge on any atom is 0.231 e. The second-order valence-electron chi connectivity index (χ2n) is 5.25. The van der Waals surface area contributed by atoms with Crippen LogP contribution >= 0.6 is 0 Å². The average molecular weight is 265 g/mol. The summed E-state index contributed by atoms with van der Waals surface area (Å²) in [5.74, 6) is 2.17. The third-order valence-electron chi connectivity index (χ3n) is 3.66. The molecule has 19 heavy (non-hydrogen) atoms. The standard InChI is InChI=1S/C14H19NO4/c1-14(3-4-17-8-14)15-7-10-5-11(16-2)13-12(6-10)18-9-19-13/h5-6,15H,3-4,7-9H2,1-2H3. The molecule has 2 aliphatic rings. The Bertz CT molecular complexity index is 469. The van der Waals surface area contributed by atoms with Gasteiger partial charge in [-0.2, -0.15) is 0 Å². The quantitative estimate of drug-likeness (QED) is 0.897. The van der Waals surface area contributed by atoms with Gasteiger partial charge in [-0.3, -0.25) is 0 Å². The number of ether oxygens (including phenoxy) is 4. The van der Waals surface area contributed by atoms with E-state index in [1.54, 1.807) is 7.11 Å². The van der Waals surface area contributed by atoms with Gasteiger partial charge in [0.05, 0.1) is 13.7 Å². The van der Waals surface area contributed by atoms with E-state index in [0.29, 0.717) is 5.75 Å². The first-order valence-corrected chi connectivity index (χ1v) is 6.49. The summed E-state index contributed by atoms with van der Waals surface area (Å²) >= 11 is 0. The van der Waals surface area contributed by atoms with E-state index in [2.05, 4.69) is 12.2 Å². The van der Waals surface area contributed by atoms with Crippen LogP contribution in [0.25, 0.3) is 0 Å².